The molecule has 7 heteroatoms. The first-order valence-electron chi connectivity index (χ1n) is 9.55. The highest BCUT2D eigenvalue weighted by molar-refractivity contribution is 7.92. The minimum Gasteiger partial charge on any atom is -0.312 e. The number of amides is 1. The van der Waals surface area contributed by atoms with Gasteiger partial charge in [0.25, 0.3) is 10.0 Å². The molecular formula is C23H21N3O3S. The van der Waals surface area contributed by atoms with Crippen LogP contribution >= 0.6 is 0 Å². The number of carbonyl (C=O) groups excluding carboxylic acids is 1. The quantitative estimate of drug-likeness (QED) is 0.679. The lowest BCUT2D eigenvalue weighted by molar-refractivity contribution is -0.116. The largest absolute Gasteiger partial charge is 0.312 e. The van der Waals surface area contributed by atoms with E-state index in [1.165, 1.54) is 13.0 Å². The van der Waals surface area contributed by atoms with Crippen molar-refractivity contribution < 1.29 is 13.2 Å². The summed E-state index contributed by atoms with van der Waals surface area (Å²) < 4.78 is 28.4. The lowest BCUT2D eigenvalue weighted by Crippen LogP contribution is -2.25. The number of fused-ring (bicyclic) bond motifs is 1. The Balaban J connectivity index is 1.54. The van der Waals surface area contributed by atoms with Crippen molar-refractivity contribution in [2.45, 2.75) is 18.2 Å². The minimum absolute atomic E-state index is 0.0435. The van der Waals surface area contributed by atoms with Gasteiger partial charge in [-0.2, -0.15) is 0 Å². The predicted molar refractivity (Wildman–Crippen MR) is 119 cm³/mol. The summed E-state index contributed by atoms with van der Waals surface area (Å²) in [5.74, 6) is -0.0435. The van der Waals surface area contributed by atoms with Crippen LogP contribution in [0, 0.1) is 0 Å². The fourth-order valence-electron chi connectivity index (χ4n) is 3.45. The maximum absolute atomic E-state index is 12.9. The van der Waals surface area contributed by atoms with Crippen molar-refractivity contribution in [3.63, 3.8) is 0 Å². The number of rotatable bonds is 5. The van der Waals surface area contributed by atoms with Gasteiger partial charge in [-0.3, -0.25) is 14.5 Å². The molecule has 0 radical (unpaired) electrons. The van der Waals surface area contributed by atoms with Crippen LogP contribution in [0.4, 0.5) is 11.4 Å². The van der Waals surface area contributed by atoms with Gasteiger partial charge in [-0.05, 0) is 66.1 Å². The summed E-state index contributed by atoms with van der Waals surface area (Å²) in [7, 11) is -3.75. The summed E-state index contributed by atoms with van der Waals surface area (Å²) in [5, 5.41) is 0. The molecule has 0 unspecified atom stereocenters. The molecule has 4 rings (SSSR count). The average molecular weight is 420 g/mol. The van der Waals surface area contributed by atoms with Gasteiger partial charge < -0.3 is 4.90 Å². The molecule has 1 amide bonds. The van der Waals surface area contributed by atoms with Crippen molar-refractivity contribution in [3.05, 3.63) is 83.7 Å². The maximum Gasteiger partial charge on any atom is 0.261 e. The number of nitrogens with one attached hydrogen (secondary N) is 1. The third-order valence-electron chi connectivity index (χ3n) is 4.91. The van der Waals surface area contributed by atoms with Gasteiger partial charge in [0.1, 0.15) is 0 Å². The van der Waals surface area contributed by atoms with E-state index in [0.29, 0.717) is 18.7 Å². The van der Waals surface area contributed by atoms with E-state index in [1.807, 2.05) is 36.4 Å². The lowest BCUT2D eigenvalue weighted by atomic mass is 10.2. The number of hydrogen-bond acceptors (Lipinski definition) is 4. The average Bonchev–Trinajstić information content (AvgIpc) is 3.17. The first-order chi connectivity index (χ1) is 14.4. The molecule has 0 fully saturated rings. The molecular weight excluding hydrogens is 398 g/mol. The van der Waals surface area contributed by atoms with Gasteiger partial charge in [-0.1, -0.05) is 24.3 Å². The normalized spacial score (nSPS) is 13.4. The molecule has 1 aliphatic heterocycles. The molecule has 0 spiro atoms. The predicted octanol–water partition coefficient (Wildman–Crippen LogP) is 3.96. The molecule has 1 N–H and O–H groups in total. The minimum atomic E-state index is -3.75. The van der Waals surface area contributed by atoms with Gasteiger partial charge in [-0.25, -0.2) is 8.42 Å². The van der Waals surface area contributed by atoms with Gasteiger partial charge in [-0.15, -0.1) is 0 Å². The van der Waals surface area contributed by atoms with Crippen LogP contribution in [-0.4, -0.2) is 25.9 Å². The summed E-state index contributed by atoms with van der Waals surface area (Å²) >= 11 is 0. The summed E-state index contributed by atoms with van der Waals surface area (Å²) in [6.45, 7) is 2.09. The van der Waals surface area contributed by atoms with E-state index in [9.17, 15) is 13.2 Å². The highest BCUT2D eigenvalue weighted by Gasteiger charge is 2.24. The van der Waals surface area contributed by atoms with Crippen LogP contribution in [0.2, 0.25) is 0 Å². The Kier molecular flexibility index (Phi) is 5.37. The zero-order chi connectivity index (χ0) is 21.1. The van der Waals surface area contributed by atoms with E-state index < -0.39 is 10.0 Å². The topological polar surface area (TPSA) is 79.4 Å². The Bertz CT molecular complexity index is 1220. The van der Waals surface area contributed by atoms with Crippen LogP contribution in [0.25, 0.3) is 12.2 Å². The third kappa shape index (κ3) is 4.26. The Morgan fingerprint density at radius 3 is 2.70 bits per heavy atom. The van der Waals surface area contributed by atoms with Crippen molar-refractivity contribution >= 4 is 39.5 Å². The molecule has 2 heterocycles. The number of carbonyl (C=O) groups is 1. The van der Waals surface area contributed by atoms with Crippen molar-refractivity contribution in [1.82, 2.24) is 4.98 Å². The maximum atomic E-state index is 12.9. The van der Waals surface area contributed by atoms with Crippen molar-refractivity contribution in [3.8, 4) is 0 Å². The number of aromatic nitrogens is 1. The number of anilines is 2. The number of benzene rings is 2. The lowest BCUT2D eigenvalue weighted by Gasteiger charge is -2.15. The second kappa shape index (κ2) is 8.12. The monoisotopic (exact) mass is 419 g/mol. The van der Waals surface area contributed by atoms with E-state index in [0.717, 1.165) is 22.5 Å². The zero-order valence-electron chi connectivity index (χ0n) is 16.4. The SMILES string of the molecule is CC(=O)N1CCc2cc(S(=O)(=O)Nc3cccc(/C=C/c4ccccn4)c3)ccc21. The van der Waals surface area contributed by atoms with Gasteiger partial charge in [0.05, 0.1) is 10.6 Å². The van der Waals surface area contributed by atoms with Crippen molar-refractivity contribution in [2.24, 2.45) is 0 Å². The van der Waals surface area contributed by atoms with E-state index in [-0.39, 0.29) is 10.8 Å². The molecule has 0 saturated heterocycles. The Morgan fingerprint density at radius 1 is 1.07 bits per heavy atom. The fraction of sp³-hybridized carbons (Fsp3) is 0.130. The van der Waals surface area contributed by atoms with Crippen LogP contribution in [0.5, 0.6) is 0 Å². The number of hydrogen-bond donors (Lipinski definition) is 1. The van der Waals surface area contributed by atoms with E-state index >= 15 is 0 Å². The van der Waals surface area contributed by atoms with Gasteiger partial charge >= 0.3 is 0 Å². The van der Waals surface area contributed by atoms with Crippen LogP contribution in [0.15, 0.2) is 71.8 Å². The highest BCUT2D eigenvalue weighted by atomic mass is 32.2. The summed E-state index contributed by atoms with van der Waals surface area (Å²) in [4.78, 5) is 17.8. The molecule has 2 aromatic carbocycles. The van der Waals surface area contributed by atoms with Gasteiger partial charge in [0.2, 0.25) is 5.91 Å². The number of nitrogens with zero attached hydrogens (tertiary/aromatic N) is 2. The van der Waals surface area contributed by atoms with Crippen LogP contribution < -0.4 is 9.62 Å². The van der Waals surface area contributed by atoms with Gasteiger partial charge in [0.15, 0.2) is 0 Å². The number of sulfonamides is 1. The van der Waals surface area contributed by atoms with Crippen LogP contribution in [-0.2, 0) is 21.2 Å². The zero-order valence-corrected chi connectivity index (χ0v) is 17.3. The molecule has 6 nitrogen and oxygen atoms in total. The molecule has 0 bridgehead atoms. The summed E-state index contributed by atoms with van der Waals surface area (Å²) in [5.41, 5.74) is 3.79. The fourth-order valence-corrected chi connectivity index (χ4v) is 4.55. The highest BCUT2D eigenvalue weighted by Crippen LogP contribution is 2.31. The molecule has 0 saturated carbocycles. The van der Waals surface area contributed by atoms with Crippen molar-refractivity contribution in [2.75, 3.05) is 16.2 Å². The van der Waals surface area contributed by atoms with E-state index in [1.54, 1.807) is 41.4 Å². The Labute approximate surface area is 175 Å². The summed E-state index contributed by atoms with van der Waals surface area (Å²) in [6, 6.07) is 17.7. The first-order valence-corrected chi connectivity index (χ1v) is 11.0. The summed E-state index contributed by atoms with van der Waals surface area (Å²) in [6.07, 6.45) is 6.11. The van der Waals surface area contributed by atoms with Gasteiger partial charge in [0, 0.05) is 31.0 Å². The molecule has 0 atom stereocenters. The van der Waals surface area contributed by atoms with Crippen LogP contribution in [0.3, 0.4) is 0 Å². The van der Waals surface area contributed by atoms with E-state index in [2.05, 4.69) is 9.71 Å². The number of pyridine rings is 1. The molecule has 3 aromatic rings. The van der Waals surface area contributed by atoms with Crippen molar-refractivity contribution in [1.29, 1.82) is 0 Å². The molecule has 0 aliphatic carbocycles. The van der Waals surface area contributed by atoms with Crippen LogP contribution in [0.1, 0.15) is 23.7 Å². The molecule has 1 aromatic heterocycles. The Hall–Kier alpha value is -3.45. The van der Waals surface area contributed by atoms with E-state index in [4.69, 9.17) is 0 Å². The smallest absolute Gasteiger partial charge is 0.261 e. The second-order valence-electron chi connectivity index (χ2n) is 7.03. The molecule has 30 heavy (non-hydrogen) atoms. The second-order valence-corrected chi connectivity index (χ2v) is 8.71. The third-order valence-corrected chi connectivity index (χ3v) is 6.29. The standard InChI is InChI=1S/C23H21N3O3S/c1-17(27)26-14-12-19-16-22(10-11-23(19)26)30(28,29)25-21-7-4-5-18(15-21)8-9-20-6-2-3-13-24-20/h2-11,13,15-16,25H,12,14H2,1H3/b9-8+. The Morgan fingerprint density at radius 2 is 1.93 bits per heavy atom. The molecule has 152 valence electrons. The molecule has 1 aliphatic rings. The first kappa shape index (κ1) is 19.8.